The van der Waals surface area contributed by atoms with Crippen molar-refractivity contribution in [1.82, 2.24) is 5.32 Å². The van der Waals surface area contributed by atoms with Crippen LogP contribution in [0.1, 0.15) is 11.6 Å². The Morgan fingerprint density at radius 1 is 1.28 bits per heavy atom. The largest absolute Gasteiger partial charge is 0.350 e. The number of nitrogens with one attached hydrogen (secondary N) is 3. The monoisotopic (exact) mass is 379 g/mol. The first kappa shape index (κ1) is 19.1. The summed E-state index contributed by atoms with van der Waals surface area (Å²) in [5, 5.41) is 17.9. The van der Waals surface area contributed by atoms with E-state index in [2.05, 4.69) is 24.7 Å². The maximum absolute atomic E-state index is 10.9. The Labute approximate surface area is 156 Å². The van der Waals surface area contributed by atoms with Gasteiger partial charge in [0.1, 0.15) is 12.6 Å². The van der Waals surface area contributed by atoms with E-state index in [4.69, 9.17) is 23.8 Å². The number of likely N-dealkylation sites (N-methyl/N-ethyl adjacent to an activating group) is 1. The van der Waals surface area contributed by atoms with E-state index in [1.807, 2.05) is 30.3 Å². The predicted molar refractivity (Wildman–Crippen MR) is 104 cm³/mol. The molecule has 0 aliphatic carbocycles. The molecule has 3 N–H and O–H groups in total. The number of nitrogens with zero attached hydrogens (tertiary/aromatic N) is 1. The SMILES string of the molecule is C[NH+](C)C[C@H](NC(=S)Nc1cc([N+](=O)[O-])ccc1Cl)c1ccccc1. The van der Waals surface area contributed by atoms with Crippen molar-refractivity contribution < 1.29 is 9.82 Å². The molecule has 0 bridgehead atoms. The van der Waals surface area contributed by atoms with Gasteiger partial charge < -0.3 is 15.5 Å². The molecule has 0 radical (unpaired) electrons. The van der Waals surface area contributed by atoms with Gasteiger partial charge in [-0.1, -0.05) is 41.9 Å². The first-order valence-corrected chi connectivity index (χ1v) is 8.51. The summed E-state index contributed by atoms with van der Waals surface area (Å²) in [6.45, 7) is 0.814. The summed E-state index contributed by atoms with van der Waals surface area (Å²) in [6, 6.07) is 14.2. The highest BCUT2D eigenvalue weighted by molar-refractivity contribution is 7.80. The van der Waals surface area contributed by atoms with Crippen molar-refractivity contribution in [3.05, 3.63) is 69.2 Å². The molecule has 2 aromatic carbocycles. The highest BCUT2D eigenvalue weighted by atomic mass is 35.5. The van der Waals surface area contributed by atoms with Crippen LogP contribution in [-0.4, -0.2) is 30.7 Å². The van der Waals surface area contributed by atoms with Gasteiger partial charge in [0.15, 0.2) is 5.11 Å². The van der Waals surface area contributed by atoms with Gasteiger partial charge in [0.25, 0.3) is 5.69 Å². The molecule has 0 amide bonds. The van der Waals surface area contributed by atoms with Crippen LogP contribution in [0.5, 0.6) is 0 Å². The first-order chi connectivity index (χ1) is 11.9. The van der Waals surface area contributed by atoms with E-state index in [0.29, 0.717) is 15.8 Å². The highest BCUT2D eigenvalue weighted by Gasteiger charge is 2.17. The van der Waals surface area contributed by atoms with Crippen molar-refractivity contribution in [3.8, 4) is 0 Å². The molecule has 0 saturated heterocycles. The van der Waals surface area contributed by atoms with Crippen molar-refractivity contribution in [3.63, 3.8) is 0 Å². The molecule has 0 saturated carbocycles. The molecule has 132 valence electrons. The zero-order valence-electron chi connectivity index (χ0n) is 14.0. The normalized spacial score (nSPS) is 11.8. The number of non-ortho nitro benzene ring substituents is 1. The number of hydrogen-bond acceptors (Lipinski definition) is 3. The Kier molecular flexibility index (Phi) is 6.69. The third kappa shape index (κ3) is 5.67. The van der Waals surface area contributed by atoms with Crippen molar-refractivity contribution >= 4 is 40.3 Å². The van der Waals surface area contributed by atoms with Gasteiger partial charge in [0.2, 0.25) is 0 Å². The van der Waals surface area contributed by atoms with Crippen LogP contribution in [0.15, 0.2) is 48.5 Å². The van der Waals surface area contributed by atoms with Crippen LogP contribution in [0, 0.1) is 10.1 Å². The van der Waals surface area contributed by atoms with Gasteiger partial charge in [-0.15, -0.1) is 0 Å². The van der Waals surface area contributed by atoms with Gasteiger partial charge in [0, 0.05) is 12.1 Å². The molecule has 1 atom stereocenters. The van der Waals surface area contributed by atoms with Gasteiger partial charge in [-0.2, -0.15) is 0 Å². The number of rotatable bonds is 6. The number of halogens is 1. The Morgan fingerprint density at radius 2 is 1.96 bits per heavy atom. The molecular formula is C17H20ClN4O2S+. The summed E-state index contributed by atoms with van der Waals surface area (Å²) >= 11 is 11.5. The van der Waals surface area contributed by atoms with Gasteiger partial charge in [0.05, 0.1) is 29.7 Å². The van der Waals surface area contributed by atoms with Gasteiger partial charge in [-0.3, -0.25) is 10.1 Å². The molecular weight excluding hydrogens is 360 g/mol. The summed E-state index contributed by atoms with van der Waals surface area (Å²) < 4.78 is 0. The van der Waals surface area contributed by atoms with Crippen molar-refractivity contribution in [2.24, 2.45) is 0 Å². The Bertz CT molecular complexity index is 756. The minimum Gasteiger partial charge on any atom is -0.350 e. The number of anilines is 1. The average Bonchev–Trinajstić information content (AvgIpc) is 2.56. The lowest BCUT2D eigenvalue weighted by Gasteiger charge is -2.22. The Morgan fingerprint density at radius 3 is 2.56 bits per heavy atom. The smallest absolute Gasteiger partial charge is 0.271 e. The second-order valence-electron chi connectivity index (χ2n) is 5.89. The minimum absolute atomic E-state index is 0.00340. The van der Waals surface area contributed by atoms with Crippen LogP contribution in [-0.2, 0) is 0 Å². The zero-order chi connectivity index (χ0) is 18.4. The zero-order valence-corrected chi connectivity index (χ0v) is 15.5. The second kappa shape index (κ2) is 8.75. The summed E-state index contributed by atoms with van der Waals surface area (Å²) in [5.74, 6) is 0. The Balaban J connectivity index is 2.14. The number of quaternary nitrogens is 1. The van der Waals surface area contributed by atoms with Crippen LogP contribution in [0.2, 0.25) is 5.02 Å². The van der Waals surface area contributed by atoms with Gasteiger partial charge >= 0.3 is 0 Å². The van der Waals surface area contributed by atoms with Gasteiger partial charge in [-0.25, -0.2) is 0 Å². The maximum atomic E-state index is 10.9. The fourth-order valence-corrected chi connectivity index (χ4v) is 2.80. The van der Waals surface area contributed by atoms with E-state index in [0.717, 1.165) is 12.1 Å². The second-order valence-corrected chi connectivity index (χ2v) is 6.71. The topological polar surface area (TPSA) is 71.6 Å². The number of hydrogen-bond donors (Lipinski definition) is 3. The molecule has 2 rings (SSSR count). The molecule has 0 aliphatic rings. The summed E-state index contributed by atoms with van der Waals surface area (Å²) in [7, 11) is 4.12. The van der Waals surface area contributed by atoms with Crippen LogP contribution in [0.25, 0.3) is 0 Å². The van der Waals surface area contributed by atoms with E-state index in [9.17, 15) is 10.1 Å². The minimum atomic E-state index is -0.472. The average molecular weight is 380 g/mol. The predicted octanol–water partition coefficient (Wildman–Crippen LogP) is 2.42. The van der Waals surface area contributed by atoms with Crippen LogP contribution in [0.3, 0.4) is 0 Å². The van der Waals surface area contributed by atoms with Crippen molar-refractivity contribution in [1.29, 1.82) is 0 Å². The van der Waals surface area contributed by atoms with E-state index in [-0.39, 0.29) is 11.7 Å². The van der Waals surface area contributed by atoms with E-state index in [1.165, 1.54) is 23.1 Å². The molecule has 0 heterocycles. The first-order valence-electron chi connectivity index (χ1n) is 7.72. The number of benzene rings is 2. The molecule has 0 spiro atoms. The molecule has 25 heavy (non-hydrogen) atoms. The Hall–Kier alpha value is -2.22. The van der Waals surface area contributed by atoms with E-state index in [1.54, 1.807) is 0 Å². The van der Waals surface area contributed by atoms with E-state index >= 15 is 0 Å². The number of thiocarbonyl (C=S) groups is 1. The molecule has 8 heteroatoms. The third-order valence-electron chi connectivity index (χ3n) is 3.53. The highest BCUT2D eigenvalue weighted by Crippen LogP contribution is 2.26. The molecule has 0 fully saturated rings. The van der Waals surface area contributed by atoms with Crippen LogP contribution < -0.4 is 15.5 Å². The molecule has 6 nitrogen and oxygen atoms in total. The lowest BCUT2D eigenvalue weighted by atomic mass is 10.1. The standard InChI is InChI=1S/C17H19ClN4O2S/c1-21(2)11-16(12-6-4-3-5-7-12)20-17(25)19-15-10-13(22(23)24)8-9-14(15)18/h3-10,16H,11H2,1-2H3,(H2,19,20,25)/p+1/t16-/m0/s1. The fraction of sp³-hybridized carbons (Fsp3) is 0.235. The summed E-state index contributed by atoms with van der Waals surface area (Å²) in [4.78, 5) is 11.7. The summed E-state index contributed by atoms with van der Waals surface area (Å²) in [6.07, 6.45) is 0. The molecule has 2 aromatic rings. The van der Waals surface area contributed by atoms with Crippen LogP contribution in [0.4, 0.5) is 11.4 Å². The summed E-state index contributed by atoms with van der Waals surface area (Å²) in [5.41, 5.74) is 1.46. The third-order valence-corrected chi connectivity index (χ3v) is 4.08. The maximum Gasteiger partial charge on any atom is 0.271 e. The fourth-order valence-electron chi connectivity index (χ4n) is 2.39. The number of nitro benzene ring substituents is 1. The van der Waals surface area contributed by atoms with Crippen LogP contribution >= 0.6 is 23.8 Å². The number of nitro groups is 1. The molecule has 0 aliphatic heterocycles. The molecule has 0 aromatic heterocycles. The lowest BCUT2D eigenvalue weighted by molar-refractivity contribution is -0.860. The quantitative estimate of drug-likeness (QED) is 0.408. The van der Waals surface area contributed by atoms with E-state index < -0.39 is 4.92 Å². The lowest BCUT2D eigenvalue weighted by Crippen LogP contribution is -3.06. The van der Waals surface area contributed by atoms with Crippen molar-refractivity contribution in [2.45, 2.75) is 6.04 Å². The van der Waals surface area contributed by atoms with Crippen molar-refractivity contribution in [2.75, 3.05) is 26.0 Å². The molecule has 0 unspecified atom stereocenters. The van der Waals surface area contributed by atoms with Gasteiger partial charge in [-0.05, 0) is 23.8 Å².